The van der Waals surface area contributed by atoms with Crippen LogP contribution in [0.25, 0.3) is 0 Å². The molecule has 3 nitrogen and oxygen atoms in total. The van der Waals surface area contributed by atoms with E-state index in [0.29, 0.717) is 0 Å². The number of aliphatic hydroxyl groups is 1. The summed E-state index contributed by atoms with van der Waals surface area (Å²) in [6, 6.07) is 2.55. The molecule has 3 heteroatoms. The van der Waals surface area contributed by atoms with E-state index < -0.39 is 11.0 Å². The van der Waals surface area contributed by atoms with Crippen molar-refractivity contribution in [3.8, 4) is 6.07 Å². The van der Waals surface area contributed by atoms with E-state index in [1.165, 1.54) is 12.8 Å². The Morgan fingerprint density at radius 3 is 2.20 bits per heavy atom. The van der Waals surface area contributed by atoms with Gasteiger partial charge in [0, 0.05) is 13.1 Å². The third kappa shape index (κ3) is 2.87. The van der Waals surface area contributed by atoms with Gasteiger partial charge in [-0.15, -0.1) is 0 Å². The second-order valence-electron chi connectivity index (χ2n) is 6.89. The highest BCUT2D eigenvalue weighted by Gasteiger charge is 2.52. The number of likely N-dealkylation sites (tertiary alicyclic amines) is 1. The van der Waals surface area contributed by atoms with E-state index in [2.05, 4.69) is 24.8 Å². The highest BCUT2D eigenvalue weighted by atomic mass is 16.3. The Morgan fingerprint density at radius 2 is 1.75 bits per heavy atom. The van der Waals surface area contributed by atoms with Crippen molar-refractivity contribution in [1.29, 1.82) is 5.26 Å². The van der Waals surface area contributed by atoms with E-state index in [0.717, 1.165) is 64.1 Å². The Bertz CT molecular complexity index is 344. The van der Waals surface area contributed by atoms with E-state index in [1.807, 2.05) is 0 Å². The molecule has 114 valence electrons. The van der Waals surface area contributed by atoms with Gasteiger partial charge in [-0.2, -0.15) is 5.26 Å². The lowest BCUT2D eigenvalue weighted by Crippen LogP contribution is -2.55. The SMILES string of the molecule is CCCC1CCC(C#N)(C2(O)CCN(CC)CC2)CC1. The van der Waals surface area contributed by atoms with E-state index in [-0.39, 0.29) is 0 Å². The fourth-order valence-electron chi connectivity index (χ4n) is 4.27. The van der Waals surface area contributed by atoms with Crippen LogP contribution in [0.15, 0.2) is 0 Å². The quantitative estimate of drug-likeness (QED) is 0.858. The van der Waals surface area contributed by atoms with Crippen LogP contribution in [0, 0.1) is 22.7 Å². The van der Waals surface area contributed by atoms with Gasteiger partial charge in [0.1, 0.15) is 0 Å². The van der Waals surface area contributed by atoms with Crippen LogP contribution in [0.1, 0.15) is 65.2 Å². The molecule has 1 saturated carbocycles. The van der Waals surface area contributed by atoms with Crippen molar-refractivity contribution in [1.82, 2.24) is 4.90 Å². The summed E-state index contributed by atoms with van der Waals surface area (Å²) in [5, 5.41) is 20.9. The average Bonchev–Trinajstić information content (AvgIpc) is 2.49. The Kier molecular flexibility index (Phi) is 5.09. The number of hydrogen-bond acceptors (Lipinski definition) is 3. The molecule has 2 fully saturated rings. The lowest BCUT2D eigenvalue weighted by atomic mass is 9.59. The van der Waals surface area contributed by atoms with Gasteiger partial charge in [0.25, 0.3) is 0 Å². The van der Waals surface area contributed by atoms with Gasteiger partial charge in [-0.3, -0.25) is 0 Å². The molecule has 1 N–H and O–H groups in total. The Labute approximate surface area is 124 Å². The van der Waals surface area contributed by atoms with Crippen molar-refractivity contribution < 1.29 is 5.11 Å². The zero-order chi connectivity index (χ0) is 14.6. The predicted molar refractivity (Wildman–Crippen MR) is 81.2 cm³/mol. The number of rotatable bonds is 4. The fraction of sp³-hybridized carbons (Fsp3) is 0.941. The second kappa shape index (κ2) is 6.45. The summed E-state index contributed by atoms with van der Waals surface area (Å²) in [7, 11) is 0. The number of nitriles is 1. The summed E-state index contributed by atoms with van der Waals surface area (Å²) in [5.74, 6) is 0.779. The lowest BCUT2D eigenvalue weighted by molar-refractivity contribution is -0.114. The monoisotopic (exact) mass is 278 g/mol. The molecule has 20 heavy (non-hydrogen) atoms. The predicted octanol–water partition coefficient (Wildman–Crippen LogP) is 3.33. The van der Waals surface area contributed by atoms with Gasteiger partial charge in [-0.25, -0.2) is 0 Å². The molecular formula is C17H30N2O. The highest BCUT2D eigenvalue weighted by molar-refractivity contribution is 5.14. The normalized spacial score (nSPS) is 34.6. The molecule has 2 aliphatic rings. The standard InChI is InChI=1S/C17H30N2O/c1-3-5-15-6-8-16(14-18,9-7-15)17(20)10-12-19(4-2)13-11-17/h15,20H,3-13H2,1-2H3. The molecule has 1 aliphatic heterocycles. The summed E-state index contributed by atoms with van der Waals surface area (Å²) >= 11 is 0. The van der Waals surface area contributed by atoms with Crippen molar-refractivity contribution in [2.45, 2.75) is 70.8 Å². The molecule has 0 aromatic heterocycles. The summed E-state index contributed by atoms with van der Waals surface area (Å²) < 4.78 is 0. The Hall–Kier alpha value is -0.590. The largest absolute Gasteiger partial charge is 0.388 e. The molecular weight excluding hydrogens is 248 g/mol. The van der Waals surface area contributed by atoms with Crippen molar-refractivity contribution in [2.75, 3.05) is 19.6 Å². The topological polar surface area (TPSA) is 47.3 Å². The van der Waals surface area contributed by atoms with E-state index in [4.69, 9.17) is 0 Å². The molecule has 0 spiro atoms. The molecule has 1 aliphatic carbocycles. The van der Waals surface area contributed by atoms with Gasteiger partial charge in [0.05, 0.1) is 17.1 Å². The number of piperidine rings is 1. The summed E-state index contributed by atoms with van der Waals surface area (Å²) in [6.07, 6.45) is 8.11. The third-order valence-corrected chi connectivity index (χ3v) is 5.89. The highest BCUT2D eigenvalue weighted by Crippen LogP contribution is 2.50. The van der Waals surface area contributed by atoms with Crippen molar-refractivity contribution in [2.24, 2.45) is 11.3 Å². The summed E-state index contributed by atoms with van der Waals surface area (Å²) in [4.78, 5) is 2.38. The first-order valence-corrected chi connectivity index (χ1v) is 8.45. The Morgan fingerprint density at radius 1 is 1.15 bits per heavy atom. The van der Waals surface area contributed by atoms with Gasteiger partial charge in [-0.1, -0.05) is 26.7 Å². The summed E-state index contributed by atoms with van der Waals surface area (Å²) in [5.41, 5.74) is -1.22. The second-order valence-corrected chi connectivity index (χ2v) is 6.89. The molecule has 0 amide bonds. The third-order valence-electron chi connectivity index (χ3n) is 5.89. The van der Waals surface area contributed by atoms with Crippen molar-refractivity contribution in [3.05, 3.63) is 0 Å². The molecule has 2 rings (SSSR count). The average molecular weight is 278 g/mol. The summed E-state index contributed by atoms with van der Waals surface area (Å²) in [6.45, 7) is 7.33. The van der Waals surface area contributed by atoms with Crippen LogP contribution in [0.2, 0.25) is 0 Å². The smallest absolute Gasteiger partial charge is 0.0861 e. The van der Waals surface area contributed by atoms with Gasteiger partial charge in [0.15, 0.2) is 0 Å². The van der Waals surface area contributed by atoms with Crippen LogP contribution >= 0.6 is 0 Å². The van der Waals surface area contributed by atoms with Crippen LogP contribution in [0.5, 0.6) is 0 Å². The van der Waals surface area contributed by atoms with E-state index in [9.17, 15) is 10.4 Å². The van der Waals surface area contributed by atoms with Gasteiger partial charge < -0.3 is 10.0 Å². The van der Waals surface area contributed by atoms with Gasteiger partial charge in [-0.05, 0) is 51.0 Å². The molecule has 0 aromatic carbocycles. The molecule has 1 saturated heterocycles. The van der Waals surface area contributed by atoms with Crippen molar-refractivity contribution in [3.63, 3.8) is 0 Å². The fourth-order valence-corrected chi connectivity index (χ4v) is 4.27. The maximum atomic E-state index is 11.1. The van der Waals surface area contributed by atoms with Gasteiger partial charge in [0.2, 0.25) is 0 Å². The molecule has 1 heterocycles. The zero-order valence-corrected chi connectivity index (χ0v) is 13.2. The minimum atomic E-state index is -0.745. The van der Waals surface area contributed by atoms with Crippen LogP contribution in [-0.4, -0.2) is 35.2 Å². The molecule has 0 unspecified atom stereocenters. The molecule has 0 aromatic rings. The number of nitrogens with zero attached hydrogens (tertiary/aromatic N) is 2. The Balaban J connectivity index is 2.03. The first-order chi connectivity index (χ1) is 9.59. The maximum Gasteiger partial charge on any atom is 0.0861 e. The maximum absolute atomic E-state index is 11.1. The van der Waals surface area contributed by atoms with Crippen LogP contribution in [0.3, 0.4) is 0 Å². The van der Waals surface area contributed by atoms with Crippen LogP contribution in [-0.2, 0) is 0 Å². The van der Waals surface area contributed by atoms with Gasteiger partial charge >= 0.3 is 0 Å². The van der Waals surface area contributed by atoms with E-state index in [1.54, 1.807) is 0 Å². The first-order valence-electron chi connectivity index (χ1n) is 8.45. The lowest BCUT2D eigenvalue weighted by Gasteiger charge is -2.50. The molecule has 0 atom stereocenters. The van der Waals surface area contributed by atoms with E-state index >= 15 is 0 Å². The van der Waals surface area contributed by atoms with Crippen molar-refractivity contribution >= 4 is 0 Å². The minimum Gasteiger partial charge on any atom is -0.388 e. The molecule has 0 radical (unpaired) electrons. The van der Waals surface area contributed by atoms with Crippen LogP contribution < -0.4 is 0 Å². The number of hydrogen-bond donors (Lipinski definition) is 1. The van der Waals surface area contributed by atoms with Crippen LogP contribution in [0.4, 0.5) is 0 Å². The minimum absolute atomic E-state index is 0.475. The zero-order valence-electron chi connectivity index (χ0n) is 13.2. The first kappa shape index (κ1) is 15.8. The molecule has 0 bridgehead atoms.